The van der Waals surface area contributed by atoms with Gasteiger partial charge < -0.3 is 9.47 Å². The van der Waals surface area contributed by atoms with Crippen LogP contribution in [-0.2, 0) is 0 Å². The van der Waals surface area contributed by atoms with Crippen LogP contribution in [-0.4, -0.2) is 35.3 Å². The van der Waals surface area contributed by atoms with E-state index in [4.69, 9.17) is 33.3 Å². The van der Waals surface area contributed by atoms with Crippen LogP contribution in [0, 0.1) is 4.77 Å². The second-order valence-electron chi connectivity index (χ2n) is 5.00. The maximum Gasteiger partial charge on any atom is 0.216 e. The molecule has 0 saturated carbocycles. The summed E-state index contributed by atoms with van der Waals surface area (Å²) in [6.07, 6.45) is 1.64. The first-order valence-electron chi connectivity index (χ1n) is 7.32. The van der Waals surface area contributed by atoms with Crippen LogP contribution in [0.3, 0.4) is 0 Å². The Balaban J connectivity index is 2.02. The monoisotopic (exact) mass is 374 g/mol. The van der Waals surface area contributed by atoms with Gasteiger partial charge in [-0.1, -0.05) is 23.7 Å². The van der Waals surface area contributed by atoms with Gasteiger partial charge in [0, 0.05) is 17.2 Å². The zero-order valence-corrected chi connectivity index (χ0v) is 15.1. The maximum absolute atomic E-state index is 6.25. The summed E-state index contributed by atoms with van der Waals surface area (Å²) in [4.78, 5) is 0. The van der Waals surface area contributed by atoms with Crippen LogP contribution in [0.25, 0.3) is 11.4 Å². The normalized spacial score (nSPS) is 11.0. The number of aromatic nitrogens is 3. The van der Waals surface area contributed by atoms with Crippen molar-refractivity contribution >= 4 is 30.0 Å². The molecule has 8 heteroatoms. The number of methoxy groups -OCH3 is 2. The first-order chi connectivity index (χ1) is 12.1. The molecule has 0 saturated heterocycles. The number of nitrogens with one attached hydrogen (secondary N) is 1. The number of rotatable bonds is 5. The number of aromatic amines is 1. The van der Waals surface area contributed by atoms with Gasteiger partial charge in [0.25, 0.3) is 0 Å². The minimum absolute atomic E-state index is 0.360. The molecule has 0 unspecified atom stereocenters. The Morgan fingerprint density at radius 2 is 2.00 bits per heavy atom. The van der Waals surface area contributed by atoms with Gasteiger partial charge in [-0.25, -0.2) is 5.10 Å². The van der Waals surface area contributed by atoms with E-state index in [1.807, 2.05) is 30.3 Å². The van der Waals surface area contributed by atoms with Crippen LogP contribution in [0.2, 0.25) is 5.02 Å². The van der Waals surface area contributed by atoms with Gasteiger partial charge in [0.05, 0.1) is 25.5 Å². The number of nitrogens with zero attached hydrogens (tertiary/aromatic N) is 3. The predicted molar refractivity (Wildman–Crippen MR) is 100 cm³/mol. The van der Waals surface area contributed by atoms with Gasteiger partial charge in [0.15, 0.2) is 5.82 Å². The molecule has 0 atom stereocenters. The fourth-order valence-electron chi connectivity index (χ4n) is 2.26. The Kier molecular flexibility index (Phi) is 5.16. The topological polar surface area (TPSA) is 64.4 Å². The molecule has 128 valence electrons. The Morgan fingerprint density at radius 3 is 2.72 bits per heavy atom. The van der Waals surface area contributed by atoms with Crippen molar-refractivity contribution in [2.75, 3.05) is 14.2 Å². The summed E-state index contributed by atoms with van der Waals surface area (Å²) in [5, 5.41) is 12.0. The van der Waals surface area contributed by atoms with Crippen molar-refractivity contribution in [2.45, 2.75) is 0 Å². The highest BCUT2D eigenvalue weighted by Gasteiger charge is 2.11. The smallest absolute Gasteiger partial charge is 0.216 e. The Labute approximate surface area is 154 Å². The van der Waals surface area contributed by atoms with Crippen molar-refractivity contribution in [1.29, 1.82) is 0 Å². The van der Waals surface area contributed by atoms with Crippen molar-refractivity contribution in [3.05, 3.63) is 57.8 Å². The minimum Gasteiger partial charge on any atom is -0.497 e. The zero-order valence-electron chi connectivity index (χ0n) is 13.6. The average molecular weight is 375 g/mol. The molecular weight excluding hydrogens is 360 g/mol. The Morgan fingerprint density at radius 1 is 1.20 bits per heavy atom. The largest absolute Gasteiger partial charge is 0.497 e. The fraction of sp³-hybridized carbons (Fsp3) is 0.118. The molecule has 0 bridgehead atoms. The van der Waals surface area contributed by atoms with Crippen molar-refractivity contribution in [1.82, 2.24) is 14.9 Å². The van der Waals surface area contributed by atoms with Gasteiger partial charge >= 0.3 is 0 Å². The number of hydrogen-bond acceptors (Lipinski definition) is 5. The van der Waals surface area contributed by atoms with Crippen LogP contribution < -0.4 is 9.47 Å². The molecule has 0 spiro atoms. The predicted octanol–water partition coefficient (Wildman–Crippen LogP) is 4.16. The summed E-state index contributed by atoms with van der Waals surface area (Å²) in [7, 11) is 3.19. The molecule has 6 nitrogen and oxygen atoms in total. The molecule has 25 heavy (non-hydrogen) atoms. The lowest BCUT2D eigenvalue weighted by molar-refractivity contribution is 0.394. The van der Waals surface area contributed by atoms with Crippen LogP contribution in [0.5, 0.6) is 11.5 Å². The van der Waals surface area contributed by atoms with E-state index in [0.29, 0.717) is 27.1 Å². The number of halogens is 1. The third kappa shape index (κ3) is 3.57. The van der Waals surface area contributed by atoms with Crippen molar-refractivity contribution in [3.63, 3.8) is 0 Å². The Bertz CT molecular complexity index is 981. The van der Waals surface area contributed by atoms with Gasteiger partial charge in [-0.15, -0.1) is 0 Å². The minimum atomic E-state index is 0.360. The molecule has 1 aromatic heterocycles. The van der Waals surface area contributed by atoms with E-state index in [9.17, 15) is 0 Å². The van der Waals surface area contributed by atoms with Crippen molar-refractivity contribution < 1.29 is 9.47 Å². The lowest BCUT2D eigenvalue weighted by Gasteiger charge is -2.07. The second kappa shape index (κ2) is 7.50. The molecule has 0 amide bonds. The van der Waals surface area contributed by atoms with Crippen LogP contribution in [0.4, 0.5) is 0 Å². The van der Waals surface area contributed by atoms with E-state index in [1.165, 1.54) is 4.68 Å². The molecule has 1 N–H and O–H groups in total. The maximum atomic E-state index is 6.25. The van der Waals surface area contributed by atoms with E-state index in [-0.39, 0.29) is 0 Å². The SMILES string of the molecule is COc1ccc(C=Nn2c(-c3ccccc3Cl)n[nH]c2=S)c(OC)c1. The van der Waals surface area contributed by atoms with Gasteiger partial charge in [-0.05, 0) is 36.5 Å². The van der Waals surface area contributed by atoms with E-state index in [1.54, 1.807) is 32.6 Å². The average Bonchev–Trinajstić information content (AvgIpc) is 3.00. The summed E-state index contributed by atoms with van der Waals surface area (Å²) in [6.45, 7) is 0. The fourth-order valence-corrected chi connectivity index (χ4v) is 2.66. The lowest BCUT2D eigenvalue weighted by Crippen LogP contribution is -1.97. The second-order valence-corrected chi connectivity index (χ2v) is 5.79. The molecule has 0 aliphatic carbocycles. The summed E-state index contributed by atoms with van der Waals surface area (Å²) in [6, 6.07) is 12.8. The summed E-state index contributed by atoms with van der Waals surface area (Å²) in [5.74, 6) is 1.86. The van der Waals surface area contributed by atoms with Gasteiger partial charge in [-0.3, -0.25) is 0 Å². The summed E-state index contributed by atoms with van der Waals surface area (Å²) in [5.41, 5.74) is 1.51. The Hall–Kier alpha value is -2.64. The van der Waals surface area contributed by atoms with E-state index in [2.05, 4.69) is 15.3 Å². The molecule has 2 aromatic carbocycles. The highest BCUT2D eigenvalue weighted by Crippen LogP contribution is 2.26. The molecule has 0 fully saturated rings. The number of hydrogen-bond donors (Lipinski definition) is 1. The number of H-pyrrole nitrogens is 1. The van der Waals surface area contributed by atoms with E-state index < -0.39 is 0 Å². The third-order valence-corrected chi connectivity index (χ3v) is 4.11. The van der Waals surface area contributed by atoms with Crippen LogP contribution in [0.15, 0.2) is 47.6 Å². The highest BCUT2D eigenvalue weighted by atomic mass is 35.5. The van der Waals surface area contributed by atoms with Gasteiger partial charge in [0.2, 0.25) is 4.77 Å². The standard InChI is InChI=1S/C17H15ClN4O2S/c1-23-12-8-7-11(15(9-12)24-2)10-19-22-16(20-21-17(22)25)13-5-3-4-6-14(13)18/h3-10H,1-2H3,(H,21,25). The molecule has 0 aliphatic heterocycles. The van der Waals surface area contributed by atoms with E-state index in [0.717, 1.165) is 11.1 Å². The molecule has 0 radical (unpaired) electrons. The van der Waals surface area contributed by atoms with Gasteiger partial charge in [-0.2, -0.15) is 14.9 Å². The number of ether oxygens (including phenoxy) is 2. The van der Waals surface area contributed by atoms with Crippen molar-refractivity contribution in [2.24, 2.45) is 5.10 Å². The first kappa shape index (κ1) is 17.2. The quantitative estimate of drug-likeness (QED) is 0.538. The first-order valence-corrected chi connectivity index (χ1v) is 8.11. The molecule has 1 heterocycles. The molecular formula is C17H15ClN4O2S. The highest BCUT2D eigenvalue weighted by molar-refractivity contribution is 7.71. The molecule has 3 aromatic rings. The van der Waals surface area contributed by atoms with Crippen molar-refractivity contribution in [3.8, 4) is 22.9 Å². The lowest BCUT2D eigenvalue weighted by atomic mass is 10.2. The summed E-state index contributed by atoms with van der Waals surface area (Å²) >= 11 is 11.5. The molecule has 3 rings (SSSR count). The van der Waals surface area contributed by atoms with Crippen LogP contribution in [0.1, 0.15) is 5.56 Å². The molecule has 0 aliphatic rings. The third-order valence-electron chi connectivity index (χ3n) is 3.52. The van der Waals surface area contributed by atoms with Gasteiger partial charge in [0.1, 0.15) is 11.5 Å². The number of benzene rings is 2. The summed E-state index contributed by atoms with van der Waals surface area (Å²) < 4.78 is 12.4. The van der Waals surface area contributed by atoms with E-state index >= 15 is 0 Å². The zero-order chi connectivity index (χ0) is 17.8. The van der Waals surface area contributed by atoms with Crippen LogP contribution >= 0.6 is 23.8 Å².